The monoisotopic (exact) mass is 405 g/mol. The van der Waals surface area contributed by atoms with Gasteiger partial charge in [0.05, 0.1) is 22.1 Å². The first-order chi connectivity index (χ1) is 10.3. The van der Waals surface area contributed by atoms with Crippen molar-refractivity contribution in [3.8, 4) is 22.0 Å². The van der Waals surface area contributed by atoms with E-state index >= 15 is 0 Å². The number of oxazole rings is 1. The second kappa shape index (κ2) is 5.19. The second-order valence-electron chi connectivity index (χ2n) is 4.43. The number of halogens is 1. The van der Waals surface area contributed by atoms with Gasteiger partial charge in [0.15, 0.2) is 12.2 Å². The molecule has 21 heavy (non-hydrogen) atoms. The maximum absolute atomic E-state index is 5.26. The van der Waals surface area contributed by atoms with Crippen molar-refractivity contribution in [2.24, 2.45) is 0 Å². The van der Waals surface area contributed by atoms with Crippen LogP contribution < -0.4 is 0 Å². The maximum atomic E-state index is 5.26. The summed E-state index contributed by atoms with van der Waals surface area (Å²) in [7, 11) is 0. The van der Waals surface area contributed by atoms with Crippen LogP contribution in [0.3, 0.4) is 0 Å². The van der Waals surface area contributed by atoms with E-state index in [0.717, 1.165) is 21.8 Å². The van der Waals surface area contributed by atoms with E-state index in [-0.39, 0.29) is 0 Å². The Morgan fingerprint density at radius 1 is 1.10 bits per heavy atom. The molecule has 0 aliphatic carbocycles. The molecule has 102 valence electrons. The van der Waals surface area contributed by atoms with Crippen LogP contribution in [0.25, 0.3) is 32.2 Å². The zero-order valence-electron chi connectivity index (χ0n) is 10.7. The molecule has 0 spiro atoms. The molecule has 4 rings (SSSR count). The van der Waals surface area contributed by atoms with Gasteiger partial charge in [-0.2, -0.15) is 0 Å². The number of hydrogen-bond acceptors (Lipinski definition) is 5. The molecule has 1 aromatic carbocycles. The summed E-state index contributed by atoms with van der Waals surface area (Å²) in [6, 6.07) is 10.2. The van der Waals surface area contributed by atoms with Gasteiger partial charge in [0.2, 0.25) is 0 Å². The van der Waals surface area contributed by atoms with Crippen molar-refractivity contribution in [2.75, 3.05) is 0 Å². The maximum Gasteiger partial charge on any atom is 0.181 e. The molecule has 3 aromatic heterocycles. The number of pyridine rings is 1. The number of thiazole rings is 1. The van der Waals surface area contributed by atoms with Gasteiger partial charge in [0.25, 0.3) is 0 Å². The Kier molecular flexibility index (Phi) is 3.19. The SMILES string of the molecule is Ic1ccc2nc(-c3ccc(-c4cnco4)cn3)sc2c1. The molecule has 0 saturated heterocycles. The van der Waals surface area contributed by atoms with E-state index in [9.17, 15) is 0 Å². The summed E-state index contributed by atoms with van der Waals surface area (Å²) in [5, 5.41) is 0.927. The lowest BCUT2D eigenvalue weighted by molar-refractivity contribution is 0.572. The van der Waals surface area contributed by atoms with Crippen molar-refractivity contribution >= 4 is 44.1 Å². The normalized spacial score (nSPS) is 11.1. The number of fused-ring (bicyclic) bond motifs is 1. The molecule has 3 heterocycles. The van der Waals surface area contributed by atoms with Crippen molar-refractivity contribution in [1.29, 1.82) is 0 Å². The average molecular weight is 405 g/mol. The fourth-order valence-electron chi connectivity index (χ4n) is 2.03. The van der Waals surface area contributed by atoms with Gasteiger partial charge in [-0.1, -0.05) is 0 Å². The van der Waals surface area contributed by atoms with Crippen LogP contribution in [0.15, 0.2) is 53.5 Å². The van der Waals surface area contributed by atoms with E-state index in [1.165, 1.54) is 14.7 Å². The molecule has 0 radical (unpaired) electrons. The van der Waals surface area contributed by atoms with Crippen molar-refractivity contribution < 1.29 is 4.42 Å². The topological polar surface area (TPSA) is 51.8 Å². The van der Waals surface area contributed by atoms with Gasteiger partial charge in [0, 0.05) is 15.3 Å². The van der Waals surface area contributed by atoms with Crippen molar-refractivity contribution in [1.82, 2.24) is 15.0 Å². The highest BCUT2D eigenvalue weighted by Gasteiger charge is 2.09. The number of aromatic nitrogens is 3. The predicted octanol–water partition coefficient (Wildman–Crippen LogP) is 4.62. The Labute approximate surface area is 138 Å². The number of nitrogens with zero attached hydrogens (tertiary/aromatic N) is 3. The summed E-state index contributed by atoms with van der Waals surface area (Å²) in [4.78, 5) is 13.0. The van der Waals surface area contributed by atoms with E-state index in [0.29, 0.717) is 5.76 Å². The summed E-state index contributed by atoms with van der Waals surface area (Å²) in [5.74, 6) is 0.716. The van der Waals surface area contributed by atoms with Crippen LogP contribution in [0.2, 0.25) is 0 Å². The smallest absolute Gasteiger partial charge is 0.181 e. The van der Waals surface area contributed by atoms with Crippen molar-refractivity contribution in [3.05, 3.63) is 52.7 Å². The quantitative estimate of drug-likeness (QED) is 0.457. The highest BCUT2D eigenvalue weighted by Crippen LogP contribution is 2.30. The fraction of sp³-hybridized carbons (Fsp3) is 0. The summed E-state index contributed by atoms with van der Waals surface area (Å²) >= 11 is 3.96. The minimum atomic E-state index is 0.716. The second-order valence-corrected chi connectivity index (χ2v) is 6.71. The molecular weight excluding hydrogens is 397 g/mol. The molecule has 4 nitrogen and oxygen atoms in total. The molecule has 0 N–H and O–H groups in total. The molecule has 6 heteroatoms. The first kappa shape index (κ1) is 12.9. The lowest BCUT2D eigenvalue weighted by atomic mass is 10.2. The van der Waals surface area contributed by atoms with Gasteiger partial charge in [-0.05, 0) is 52.9 Å². The molecule has 0 fully saturated rings. The zero-order chi connectivity index (χ0) is 14.2. The van der Waals surface area contributed by atoms with Gasteiger partial charge in [-0.15, -0.1) is 11.3 Å². The third-order valence-corrected chi connectivity index (χ3v) is 4.76. The van der Waals surface area contributed by atoms with Gasteiger partial charge >= 0.3 is 0 Å². The van der Waals surface area contributed by atoms with E-state index in [4.69, 9.17) is 4.42 Å². The van der Waals surface area contributed by atoms with Gasteiger partial charge in [-0.25, -0.2) is 9.97 Å². The minimum Gasteiger partial charge on any atom is -0.443 e. The highest BCUT2D eigenvalue weighted by atomic mass is 127. The summed E-state index contributed by atoms with van der Waals surface area (Å²) in [5.41, 5.74) is 2.79. The molecule has 0 aliphatic rings. The summed E-state index contributed by atoms with van der Waals surface area (Å²) in [6.45, 7) is 0. The number of rotatable bonds is 2. The van der Waals surface area contributed by atoms with Crippen LogP contribution in [-0.4, -0.2) is 15.0 Å². The first-order valence-corrected chi connectivity index (χ1v) is 8.10. The third kappa shape index (κ3) is 2.44. The Hall–Kier alpha value is -1.80. The van der Waals surface area contributed by atoms with Gasteiger partial charge < -0.3 is 4.42 Å². The lowest BCUT2D eigenvalue weighted by Crippen LogP contribution is -1.83. The molecule has 0 amide bonds. The third-order valence-electron chi connectivity index (χ3n) is 3.05. The van der Waals surface area contributed by atoms with Gasteiger partial charge in [0.1, 0.15) is 5.01 Å². The van der Waals surface area contributed by atoms with Crippen LogP contribution in [0.5, 0.6) is 0 Å². The standard InChI is InChI=1S/C15H8IN3OS/c16-10-2-4-11-14(5-10)21-15(19-11)12-3-1-9(6-18-12)13-7-17-8-20-13/h1-8H. The number of hydrogen-bond donors (Lipinski definition) is 0. The van der Waals surface area contributed by atoms with E-state index in [1.807, 2.05) is 18.2 Å². The van der Waals surface area contributed by atoms with Crippen LogP contribution >= 0.6 is 33.9 Å². The molecule has 0 unspecified atom stereocenters. The van der Waals surface area contributed by atoms with Gasteiger partial charge in [-0.3, -0.25) is 4.98 Å². The van der Waals surface area contributed by atoms with E-state index in [2.05, 4.69) is 49.7 Å². The Morgan fingerprint density at radius 2 is 2.05 bits per heavy atom. The minimum absolute atomic E-state index is 0.716. The summed E-state index contributed by atoms with van der Waals surface area (Å²) < 4.78 is 7.65. The van der Waals surface area contributed by atoms with Crippen molar-refractivity contribution in [2.45, 2.75) is 0 Å². The first-order valence-electron chi connectivity index (χ1n) is 6.21. The number of benzene rings is 1. The molecule has 0 bridgehead atoms. The average Bonchev–Trinajstić information content (AvgIpc) is 3.16. The van der Waals surface area contributed by atoms with Crippen LogP contribution in [0.4, 0.5) is 0 Å². The highest BCUT2D eigenvalue weighted by molar-refractivity contribution is 14.1. The Bertz CT molecular complexity index is 900. The molecule has 0 saturated carbocycles. The zero-order valence-corrected chi connectivity index (χ0v) is 13.6. The lowest BCUT2D eigenvalue weighted by Gasteiger charge is -1.97. The van der Waals surface area contributed by atoms with Crippen molar-refractivity contribution in [3.63, 3.8) is 0 Å². The van der Waals surface area contributed by atoms with E-state index < -0.39 is 0 Å². The molecule has 0 atom stereocenters. The summed E-state index contributed by atoms with van der Waals surface area (Å²) in [6.07, 6.45) is 4.88. The Balaban J connectivity index is 1.74. The largest absolute Gasteiger partial charge is 0.443 e. The molecule has 0 aliphatic heterocycles. The molecular formula is C15H8IN3OS. The van der Waals surface area contributed by atoms with Crippen LogP contribution in [0.1, 0.15) is 0 Å². The van der Waals surface area contributed by atoms with Crippen LogP contribution in [0, 0.1) is 3.57 Å². The van der Waals surface area contributed by atoms with Crippen LogP contribution in [-0.2, 0) is 0 Å². The fourth-order valence-corrected chi connectivity index (χ4v) is 3.72. The predicted molar refractivity (Wildman–Crippen MR) is 91.1 cm³/mol. The molecule has 4 aromatic rings. The van der Waals surface area contributed by atoms with E-state index in [1.54, 1.807) is 23.7 Å². The Morgan fingerprint density at radius 3 is 2.81 bits per heavy atom.